The Morgan fingerprint density at radius 2 is 2.13 bits per heavy atom. The standard InChI is InChI=1S/C15H13F2N3O3/c1-7-14(8(2)22-19-7)18-15(21)13-6-12(20-23-13)10-5-9(16)3-4-11(10)17/h3-5,13H,6H2,1-2H3,(H,18,21)/t13-/m1/s1. The molecule has 0 fully saturated rings. The Hall–Kier alpha value is -2.77. The molecule has 23 heavy (non-hydrogen) atoms. The fourth-order valence-electron chi connectivity index (χ4n) is 2.26. The van der Waals surface area contributed by atoms with Crippen LogP contribution in [0, 0.1) is 25.5 Å². The van der Waals surface area contributed by atoms with Gasteiger partial charge in [-0.15, -0.1) is 0 Å². The molecule has 0 saturated carbocycles. The highest BCUT2D eigenvalue weighted by atomic mass is 19.1. The van der Waals surface area contributed by atoms with Gasteiger partial charge in [-0.05, 0) is 32.0 Å². The first-order valence-corrected chi connectivity index (χ1v) is 6.87. The molecule has 0 bridgehead atoms. The molecule has 6 nitrogen and oxygen atoms in total. The van der Waals surface area contributed by atoms with Gasteiger partial charge in [0.1, 0.15) is 23.0 Å². The van der Waals surface area contributed by atoms with Gasteiger partial charge in [-0.2, -0.15) is 0 Å². The second kappa shape index (κ2) is 5.79. The number of carbonyl (C=O) groups is 1. The molecule has 0 spiro atoms. The third-order valence-corrected chi connectivity index (χ3v) is 3.48. The number of halogens is 2. The van der Waals surface area contributed by atoms with Crippen LogP contribution >= 0.6 is 0 Å². The molecule has 1 N–H and O–H groups in total. The van der Waals surface area contributed by atoms with Crippen LogP contribution < -0.4 is 5.32 Å². The molecule has 3 rings (SSSR count). The van der Waals surface area contributed by atoms with Gasteiger partial charge in [-0.1, -0.05) is 10.3 Å². The van der Waals surface area contributed by atoms with Gasteiger partial charge in [0, 0.05) is 12.0 Å². The molecule has 1 aromatic carbocycles. The average molecular weight is 321 g/mol. The molecular weight excluding hydrogens is 308 g/mol. The number of aromatic nitrogens is 1. The summed E-state index contributed by atoms with van der Waals surface area (Å²) in [7, 11) is 0. The van der Waals surface area contributed by atoms with E-state index in [4.69, 9.17) is 9.36 Å². The molecule has 2 heterocycles. The van der Waals surface area contributed by atoms with Crippen molar-refractivity contribution in [1.82, 2.24) is 5.16 Å². The predicted octanol–water partition coefficient (Wildman–Crippen LogP) is 2.70. The van der Waals surface area contributed by atoms with Crippen molar-refractivity contribution < 1.29 is 22.9 Å². The molecule has 1 aliphatic rings. The third kappa shape index (κ3) is 2.92. The number of anilines is 1. The number of hydrogen-bond acceptors (Lipinski definition) is 5. The van der Waals surface area contributed by atoms with E-state index in [1.807, 2.05) is 0 Å². The van der Waals surface area contributed by atoms with E-state index in [1.54, 1.807) is 13.8 Å². The average Bonchev–Trinajstić information content (AvgIpc) is 3.12. The van der Waals surface area contributed by atoms with Gasteiger partial charge in [0.2, 0.25) is 6.10 Å². The summed E-state index contributed by atoms with van der Waals surface area (Å²) in [4.78, 5) is 17.2. The van der Waals surface area contributed by atoms with E-state index in [0.29, 0.717) is 17.1 Å². The number of hydrogen-bond donors (Lipinski definition) is 1. The van der Waals surface area contributed by atoms with Crippen molar-refractivity contribution in [2.75, 3.05) is 5.32 Å². The van der Waals surface area contributed by atoms with E-state index in [2.05, 4.69) is 15.6 Å². The molecule has 120 valence electrons. The maximum absolute atomic E-state index is 13.7. The van der Waals surface area contributed by atoms with Crippen LogP contribution in [0.15, 0.2) is 27.9 Å². The number of oxime groups is 1. The molecule has 2 aromatic rings. The predicted molar refractivity (Wildman–Crippen MR) is 77.0 cm³/mol. The van der Waals surface area contributed by atoms with Crippen LogP contribution in [0.1, 0.15) is 23.4 Å². The summed E-state index contributed by atoms with van der Waals surface area (Å²) < 4.78 is 31.9. The molecule has 1 aromatic heterocycles. The van der Waals surface area contributed by atoms with Crippen LogP contribution in [-0.4, -0.2) is 22.9 Å². The summed E-state index contributed by atoms with van der Waals surface area (Å²) in [6.45, 7) is 3.35. The number of carbonyl (C=O) groups excluding carboxylic acids is 1. The fourth-order valence-corrected chi connectivity index (χ4v) is 2.26. The van der Waals surface area contributed by atoms with Gasteiger partial charge in [-0.25, -0.2) is 8.78 Å². The van der Waals surface area contributed by atoms with E-state index in [-0.39, 0.29) is 17.7 Å². The Labute approximate surface area is 130 Å². The lowest BCUT2D eigenvalue weighted by Crippen LogP contribution is -2.28. The van der Waals surface area contributed by atoms with E-state index < -0.39 is 23.6 Å². The zero-order valence-corrected chi connectivity index (χ0v) is 12.4. The van der Waals surface area contributed by atoms with Crippen molar-refractivity contribution in [2.24, 2.45) is 5.16 Å². The van der Waals surface area contributed by atoms with Gasteiger partial charge in [0.15, 0.2) is 5.76 Å². The molecule has 0 unspecified atom stereocenters. The summed E-state index contributed by atoms with van der Waals surface area (Å²) >= 11 is 0. The molecule has 0 saturated heterocycles. The lowest BCUT2D eigenvalue weighted by Gasteiger charge is -2.09. The minimum atomic E-state index is -0.929. The highest BCUT2D eigenvalue weighted by Crippen LogP contribution is 2.23. The van der Waals surface area contributed by atoms with E-state index in [9.17, 15) is 13.6 Å². The summed E-state index contributed by atoms with van der Waals surface area (Å²) in [6.07, 6.45) is -0.892. The lowest BCUT2D eigenvalue weighted by molar-refractivity contribution is -0.125. The van der Waals surface area contributed by atoms with Crippen molar-refractivity contribution in [2.45, 2.75) is 26.4 Å². The zero-order chi connectivity index (χ0) is 16.6. The van der Waals surface area contributed by atoms with E-state index in [0.717, 1.165) is 18.2 Å². The normalized spacial score (nSPS) is 16.9. The van der Waals surface area contributed by atoms with Crippen LogP contribution in [-0.2, 0) is 9.63 Å². The van der Waals surface area contributed by atoms with Crippen molar-refractivity contribution in [1.29, 1.82) is 0 Å². The van der Waals surface area contributed by atoms with Crippen LogP contribution in [0.2, 0.25) is 0 Å². The number of rotatable bonds is 3. The van der Waals surface area contributed by atoms with E-state index >= 15 is 0 Å². The van der Waals surface area contributed by atoms with Crippen LogP contribution in [0.25, 0.3) is 0 Å². The SMILES string of the molecule is Cc1noc(C)c1NC(=O)[C@H]1CC(c2cc(F)ccc2F)=NO1. The van der Waals surface area contributed by atoms with Crippen molar-refractivity contribution >= 4 is 17.3 Å². The van der Waals surface area contributed by atoms with Crippen LogP contribution in [0.4, 0.5) is 14.5 Å². The highest BCUT2D eigenvalue weighted by molar-refractivity contribution is 6.06. The Morgan fingerprint density at radius 3 is 2.83 bits per heavy atom. The van der Waals surface area contributed by atoms with Crippen molar-refractivity contribution in [3.8, 4) is 0 Å². The number of nitrogens with one attached hydrogen (secondary N) is 1. The van der Waals surface area contributed by atoms with Gasteiger partial charge < -0.3 is 14.7 Å². The van der Waals surface area contributed by atoms with Gasteiger partial charge in [0.05, 0.1) is 5.71 Å². The largest absolute Gasteiger partial charge is 0.382 e. The highest BCUT2D eigenvalue weighted by Gasteiger charge is 2.31. The first kappa shape index (κ1) is 15.1. The molecule has 0 aliphatic carbocycles. The first-order valence-electron chi connectivity index (χ1n) is 6.87. The maximum Gasteiger partial charge on any atom is 0.268 e. The van der Waals surface area contributed by atoms with Gasteiger partial charge in [-0.3, -0.25) is 4.79 Å². The second-order valence-electron chi connectivity index (χ2n) is 5.15. The lowest BCUT2D eigenvalue weighted by atomic mass is 10.0. The Morgan fingerprint density at radius 1 is 1.35 bits per heavy atom. The third-order valence-electron chi connectivity index (χ3n) is 3.48. The summed E-state index contributed by atoms with van der Waals surface area (Å²) in [5.74, 6) is -1.21. The Balaban J connectivity index is 1.71. The first-order chi connectivity index (χ1) is 11.0. The summed E-state index contributed by atoms with van der Waals surface area (Å²) in [5.41, 5.74) is 1.16. The zero-order valence-electron chi connectivity index (χ0n) is 12.4. The number of benzene rings is 1. The fraction of sp³-hybridized carbons (Fsp3) is 0.267. The molecule has 1 atom stereocenters. The van der Waals surface area contributed by atoms with Crippen LogP contribution in [0.3, 0.4) is 0 Å². The molecule has 1 amide bonds. The molecule has 0 radical (unpaired) electrons. The summed E-state index contributed by atoms with van der Waals surface area (Å²) in [6, 6.07) is 3.04. The minimum absolute atomic E-state index is 0.0161. The molecular formula is C15H13F2N3O3. The monoisotopic (exact) mass is 321 g/mol. The van der Waals surface area contributed by atoms with Crippen LogP contribution in [0.5, 0.6) is 0 Å². The van der Waals surface area contributed by atoms with E-state index in [1.165, 1.54) is 0 Å². The van der Waals surface area contributed by atoms with Crippen molar-refractivity contribution in [3.05, 3.63) is 46.9 Å². The second-order valence-corrected chi connectivity index (χ2v) is 5.15. The Bertz CT molecular complexity index is 782. The Kier molecular flexibility index (Phi) is 3.81. The van der Waals surface area contributed by atoms with Gasteiger partial charge >= 0.3 is 0 Å². The quantitative estimate of drug-likeness (QED) is 0.943. The van der Waals surface area contributed by atoms with Gasteiger partial charge in [0.25, 0.3) is 5.91 Å². The van der Waals surface area contributed by atoms with Crippen molar-refractivity contribution in [3.63, 3.8) is 0 Å². The number of nitrogens with zero attached hydrogens (tertiary/aromatic N) is 2. The molecule has 1 aliphatic heterocycles. The maximum atomic E-state index is 13.7. The number of amides is 1. The topological polar surface area (TPSA) is 76.7 Å². The number of aryl methyl sites for hydroxylation is 2. The minimum Gasteiger partial charge on any atom is -0.382 e. The molecule has 8 heteroatoms. The smallest absolute Gasteiger partial charge is 0.268 e. The summed E-state index contributed by atoms with van der Waals surface area (Å²) in [5, 5.41) is 10.1.